The van der Waals surface area contributed by atoms with Gasteiger partial charge in [-0.1, -0.05) is 48.5 Å². The lowest BCUT2D eigenvalue weighted by Gasteiger charge is -2.45. The van der Waals surface area contributed by atoms with Crippen molar-refractivity contribution in [2.75, 3.05) is 6.61 Å². The summed E-state index contributed by atoms with van der Waals surface area (Å²) < 4.78 is 12.7. The van der Waals surface area contributed by atoms with Crippen molar-refractivity contribution in [1.82, 2.24) is 5.01 Å². The third kappa shape index (κ3) is 4.55. The quantitative estimate of drug-likeness (QED) is 0.0692. The van der Waals surface area contributed by atoms with Gasteiger partial charge in [-0.15, -0.1) is 0 Å². The molecule has 4 aliphatic rings. The first-order valence-corrected chi connectivity index (χ1v) is 15.4. The summed E-state index contributed by atoms with van der Waals surface area (Å²) in [5.74, 6) is -0.920. The summed E-state index contributed by atoms with van der Waals surface area (Å²) in [6, 6.07) is 26.0. The van der Waals surface area contributed by atoms with Crippen LogP contribution in [0.4, 0.5) is 5.69 Å². The SMILES string of the molecule is CCOc1cc(/C=N\N2C(=O)[C@H]3C4c5ccccc5C(c5ccccc54)[C@@H]3C2=O)cc(I)c1OCc1ccc([N+](=O)[O-])cc1. The Hall–Kier alpha value is -4.58. The smallest absolute Gasteiger partial charge is 0.269 e. The normalized spacial score (nSPS) is 21.3. The minimum atomic E-state index is -0.497. The molecular weight excluding hydrogens is 673 g/mol. The van der Waals surface area contributed by atoms with Gasteiger partial charge in [-0.25, -0.2) is 0 Å². The largest absolute Gasteiger partial charge is 0.490 e. The van der Waals surface area contributed by atoms with Crippen molar-refractivity contribution in [2.45, 2.75) is 25.4 Å². The Kier molecular flexibility index (Phi) is 7.16. The van der Waals surface area contributed by atoms with Gasteiger partial charge in [0.15, 0.2) is 11.5 Å². The zero-order valence-corrected chi connectivity index (χ0v) is 25.7. The van der Waals surface area contributed by atoms with Crippen molar-refractivity contribution >= 4 is 46.3 Å². The molecule has 1 aliphatic heterocycles. The topological polar surface area (TPSA) is 111 Å². The third-order valence-electron chi connectivity index (χ3n) is 8.61. The first-order chi connectivity index (χ1) is 21.4. The molecule has 1 heterocycles. The van der Waals surface area contributed by atoms with E-state index in [0.717, 1.165) is 36.4 Å². The van der Waals surface area contributed by atoms with E-state index >= 15 is 0 Å². The number of nitrogens with zero attached hydrogens (tertiary/aromatic N) is 3. The van der Waals surface area contributed by atoms with E-state index in [0.29, 0.717) is 23.7 Å². The second kappa shape index (κ2) is 11.2. The number of carbonyl (C=O) groups is 2. The lowest BCUT2D eigenvalue weighted by molar-refractivity contribution is -0.384. The van der Waals surface area contributed by atoms with Crippen molar-refractivity contribution in [2.24, 2.45) is 16.9 Å². The summed E-state index contributed by atoms with van der Waals surface area (Å²) >= 11 is 2.14. The van der Waals surface area contributed by atoms with Gasteiger partial charge in [-0.05, 0) is 87.2 Å². The van der Waals surface area contributed by atoms with E-state index in [4.69, 9.17) is 9.47 Å². The maximum Gasteiger partial charge on any atom is 0.269 e. The maximum atomic E-state index is 13.9. The molecule has 2 atom stereocenters. The molecule has 0 unspecified atom stereocenters. The minimum Gasteiger partial charge on any atom is -0.490 e. The molecule has 3 aliphatic carbocycles. The van der Waals surface area contributed by atoms with Crippen LogP contribution in [0.5, 0.6) is 11.5 Å². The summed E-state index contributed by atoms with van der Waals surface area (Å²) in [6.45, 7) is 2.44. The molecular formula is C34H26IN3O6. The number of rotatable bonds is 8. The van der Waals surface area contributed by atoms with Gasteiger partial charge >= 0.3 is 0 Å². The molecule has 1 saturated heterocycles. The molecule has 4 aromatic carbocycles. The van der Waals surface area contributed by atoms with Gasteiger partial charge in [-0.3, -0.25) is 19.7 Å². The fourth-order valence-corrected chi connectivity index (χ4v) is 7.62. The molecule has 0 spiro atoms. The number of nitro groups is 1. The van der Waals surface area contributed by atoms with E-state index < -0.39 is 16.8 Å². The fourth-order valence-electron chi connectivity index (χ4n) is 6.83. The Morgan fingerprint density at radius 2 is 1.41 bits per heavy atom. The number of benzene rings is 4. The van der Waals surface area contributed by atoms with Crippen molar-refractivity contribution in [3.63, 3.8) is 0 Å². The summed E-state index contributed by atoms with van der Waals surface area (Å²) in [5.41, 5.74) is 5.89. The Bertz CT molecular complexity index is 1740. The monoisotopic (exact) mass is 699 g/mol. The molecule has 220 valence electrons. The molecule has 0 N–H and O–H groups in total. The highest BCUT2D eigenvalue weighted by Gasteiger charge is 2.61. The fraction of sp³-hybridized carbons (Fsp3) is 0.206. The lowest BCUT2D eigenvalue weighted by atomic mass is 9.55. The summed E-state index contributed by atoms with van der Waals surface area (Å²) in [5, 5.41) is 16.5. The number of ether oxygens (including phenoxy) is 2. The van der Waals surface area contributed by atoms with E-state index in [1.165, 1.54) is 18.3 Å². The predicted octanol–water partition coefficient (Wildman–Crippen LogP) is 6.40. The number of imide groups is 1. The van der Waals surface area contributed by atoms with Crippen molar-refractivity contribution in [1.29, 1.82) is 0 Å². The molecule has 0 radical (unpaired) electrons. The van der Waals surface area contributed by atoms with Gasteiger partial charge in [0.1, 0.15) is 6.61 Å². The number of hydrogen-bond acceptors (Lipinski definition) is 7. The van der Waals surface area contributed by atoms with Gasteiger partial charge < -0.3 is 9.47 Å². The summed E-state index contributed by atoms with van der Waals surface area (Å²) in [7, 11) is 0. The molecule has 1 fully saturated rings. The van der Waals surface area contributed by atoms with Gasteiger partial charge in [0.2, 0.25) is 0 Å². The van der Waals surface area contributed by atoms with Crippen LogP contribution in [0.2, 0.25) is 0 Å². The maximum absolute atomic E-state index is 13.9. The van der Waals surface area contributed by atoms with Crippen LogP contribution >= 0.6 is 22.6 Å². The van der Waals surface area contributed by atoms with Crippen molar-refractivity contribution in [3.8, 4) is 11.5 Å². The van der Waals surface area contributed by atoms with Crippen LogP contribution in [0.25, 0.3) is 0 Å². The summed E-state index contributed by atoms with van der Waals surface area (Å²) in [6.07, 6.45) is 1.51. The second-order valence-electron chi connectivity index (χ2n) is 11.0. The number of hydrazone groups is 1. The number of non-ortho nitro benzene ring substituents is 1. The van der Waals surface area contributed by atoms with Gasteiger partial charge in [0.05, 0.1) is 33.2 Å². The number of amides is 2. The zero-order valence-electron chi connectivity index (χ0n) is 23.6. The molecule has 4 aromatic rings. The van der Waals surface area contributed by atoms with E-state index in [-0.39, 0.29) is 35.9 Å². The molecule has 8 rings (SSSR count). The first kappa shape index (κ1) is 28.2. The highest BCUT2D eigenvalue weighted by atomic mass is 127. The van der Waals surface area contributed by atoms with Crippen molar-refractivity contribution < 1.29 is 24.0 Å². The molecule has 10 heteroatoms. The van der Waals surface area contributed by atoms with Crippen LogP contribution < -0.4 is 9.47 Å². The Balaban J connectivity index is 1.15. The van der Waals surface area contributed by atoms with E-state index in [9.17, 15) is 19.7 Å². The van der Waals surface area contributed by atoms with Gasteiger partial charge in [0.25, 0.3) is 17.5 Å². The number of halogens is 1. The average Bonchev–Trinajstić information content (AvgIpc) is 3.29. The number of hydrogen-bond donors (Lipinski definition) is 0. The standard InChI is InChI=1S/C34H26IN3O6/c1-2-43-27-16-20(15-26(35)32(27)44-18-19-11-13-21(14-12-19)38(41)42)17-36-37-33(39)30-28-22-7-3-4-8-23(22)29(31(30)34(37)40)25-10-6-5-9-24(25)28/h3-17,28-31H,2,18H2,1H3/b36-17-/t28?,29?,30-,31-/m0/s1. The van der Waals surface area contributed by atoms with Crippen LogP contribution in [0.3, 0.4) is 0 Å². The van der Waals surface area contributed by atoms with Crippen LogP contribution in [-0.4, -0.2) is 34.6 Å². The lowest BCUT2D eigenvalue weighted by Crippen LogP contribution is -2.41. The van der Waals surface area contributed by atoms with Crippen LogP contribution in [0.1, 0.15) is 52.1 Å². The Labute approximate surface area is 266 Å². The molecule has 44 heavy (non-hydrogen) atoms. The van der Waals surface area contributed by atoms with E-state index in [1.807, 2.05) is 37.3 Å². The van der Waals surface area contributed by atoms with Gasteiger partial charge in [0, 0.05) is 24.0 Å². The van der Waals surface area contributed by atoms with E-state index in [2.05, 4.69) is 52.0 Å². The summed E-state index contributed by atoms with van der Waals surface area (Å²) in [4.78, 5) is 38.2. The highest BCUT2D eigenvalue weighted by molar-refractivity contribution is 14.1. The van der Waals surface area contributed by atoms with Crippen LogP contribution in [0, 0.1) is 25.5 Å². The highest BCUT2D eigenvalue weighted by Crippen LogP contribution is 2.61. The van der Waals surface area contributed by atoms with Crippen LogP contribution in [-0.2, 0) is 16.2 Å². The zero-order chi connectivity index (χ0) is 30.5. The van der Waals surface area contributed by atoms with E-state index in [1.54, 1.807) is 18.2 Å². The number of nitro benzene ring substituents is 1. The predicted molar refractivity (Wildman–Crippen MR) is 171 cm³/mol. The Morgan fingerprint density at radius 1 is 0.864 bits per heavy atom. The minimum absolute atomic E-state index is 0.0120. The van der Waals surface area contributed by atoms with Gasteiger partial charge in [-0.2, -0.15) is 10.1 Å². The van der Waals surface area contributed by atoms with Crippen molar-refractivity contribution in [3.05, 3.63) is 132 Å². The Morgan fingerprint density at radius 3 is 1.91 bits per heavy atom. The second-order valence-corrected chi connectivity index (χ2v) is 12.1. The molecule has 2 amide bonds. The third-order valence-corrected chi connectivity index (χ3v) is 9.41. The first-order valence-electron chi connectivity index (χ1n) is 14.3. The molecule has 0 aromatic heterocycles. The number of carbonyl (C=O) groups excluding carboxylic acids is 2. The van der Waals surface area contributed by atoms with Crippen LogP contribution in [0.15, 0.2) is 90.0 Å². The molecule has 0 saturated carbocycles. The average molecular weight is 700 g/mol. The molecule has 2 bridgehead atoms. The molecule has 9 nitrogen and oxygen atoms in total.